The number of fused-ring (bicyclic) bond motifs is 1. The van der Waals surface area contributed by atoms with Gasteiger partial charge < -0.3 is 19.9 Å². The van der Waals surface area contributed by atoms with Crippen molar-refractivity contribution in [1.29, 1.82) is 0 Å². The van der Waals surface area contributed by atoms with Crippen molar-refractivity contribution >= 4 is 17.4 Å². The minimum atomic E-state index is -0.292. The van der Waals surface area contributed by atoms with Gasteiger partial charge in [0.25, 0.3) is 0 Å². The van der Waals surface area contributed by atoms with Gasteiger partial charge in [0, 0.05) is 49.7 Å². The third-order valence-corrected chi connectivity index (χ3v) is 6.37. The second-order valence-electron chi connectivity index (χ2n) is 8.20. The number of anilines is 2. The molecule has 5 rings (SSSR count). The first-order valence-electron chi connectivity index (χ1n) is 10.6. The highest BCUT2D eigenvalue weighted by molar-refractivity contribution is 5.93. The largest absolute Gasteiger partial charge is 0.378 e. The number of morpholine rings is 1. The molecule has 1 saturated carbocycles. The molecular formula is C22H27FN4O2. The molecule has 1 aromatic heterocycles. The van der Waals surface area contributed by atoms with Gasteiger partial charge in [-0.05, 0) is 42.2 Å². The molecule has 0 atom stereocenters. The molecule has 6 nitrogen and oxygen atoms in total. The summed E-state index contributed by atoms with van der Waals surface area (Å²) in [6.07, 6.45) is 8.31. The number of benzene rings is 1. The molecule has 1 aromatic carbocycles. The van der Waals surface area contributed by atoms with Crippen LogP contribution in [0.1, 0.15) is 42.7 Å². The van der Waals surface area contributed by atoms with Gasteiger partial charge in [0.1, 0.15) is 5.82 Å². The van der Waals surface area contributed by atoms with Crippen molar-refractivity contribution < 1.29 is 13.9 Å². The minimum Gasteiger partial charge on any atom is -0.378 e. The molecule has 2 fully saturated rings. The fraction of sp³-hybridized carbons (Fsp3) is 0.500. The fourth-order valence-electron chi connectivity index (χ4n) is 4.63. The van der Waals surface area contributed by atoms with Crippen molar-refractivity contribution in [3.63, 3.8) is 0 Å². The van der Waals surface area contributed by atoms with Crippen LogP contribution in [-0.2, 0) is 4.74 Å². The molecule has 7 heteroatoms. The van der Waals surface area contributed by atoms with Gasteiger partial charge in [0.15, 0.2) is 0 Å². The van der Waals surface area contributed by atoms with Gasteiger partial charge in [-0.15, -0.1) is 0 Å². The first kappa shape index (κ1) is 18.5. The molecule has 29 heavy (non-hydrogen) atoms. The van der Waals surface area contributed by atoms with E-state index in [1.165, 1.54) is 17.2 Å². The highest BCUT2D eigenvalue weighted by Crippen LogP contribution is 2.44. The number of H-pyrrole nitrogens is 1. The SMILES string of the molecule is O=C(NC1CCCC1)N(CC1c2c[nH]cc21)c1ccc(N2CCOCC2)c(F)c1. The Kier molecular flexibility index (Phi) is 4.91. The number of urea groups is 1. The average Bonchev–Trinajstić information content (AvgIpc) is 3.14. The van der Waals surface area contributed by atoms with Crippen LogP contribution < -0.4 is 15.1 Å². The summed E-state index contributed by atoms with van der Waals surface area (Å²) in [6.45, 7) is 3.11. The second kappa shape index (κ2) is 7.71. The number of ether oxygens (including phenoxy) is 1. The average molecular weight is 398 g/mol. The first-order chi connectivity index (χ1) is 14.2. The Bertz CT molecular complexity index is 868. The van der Waals surface area contributed by atoms with Gasteiger partial charge in [-0.3, -0.25) is 4.90 Å². The molecule has 0 spiro atoms. The second-order valence-corrected chi connectivity index (χ2v) is 8.20. The number of carbonyl (C=O) groups is 1. The summed E-state index contributed by atoms with van der Waals surface area (Å²) in [5.74, 6) is -0.0493. The van der Waals surface area contributed by atoms with Crippen LogP contribution in [0.5, 0.6) is 0 Å². The highest BCUT2D eigenvalue weighted by Gasteiger charge is 2.37. The number of carbonyl (C=O) groups excluding carboxylic acids is 1. The van der Waals surface area contributed by atoms with Gasteiger partial charge in [0.05, 0.1) is 18.9 Å². The summed E-state index contributed by atoms with van der Waals surface area (Å²) < 4.78 is 20.3. The van der Waals surface area contributed by atoms with E-state index in [4.69, 9.17) is 4.74 Å². The van der Waals surface area contributed by atoms with E-state index >= 15 is 0 Å². The molecule has 1 saturated heterocycles. The molecule has 1 aliphatic heterocycles. The van der Waals surface area contributed by atoms with Crippen LogP contribution in [0.2, 0.25) is 0 Å². The van der Waals surface area contributed by atoms with Crippen LogP contribution in [-0.4, -0.2) is 49.9 Å². The fourth-order valence-corrected chi connectivity index (χ4v) is 4.63. The Morgan fingerprint density at radius 2 is 1.93 bits per heavy atom. The van der Waals surface area contributed by atoms with E-state index in [0.29, 0.717) is 44.2 Å². The smallest absolute Gasteiger partial charge is 0.322 e. The number of amides is 2. The van der Waals surface area contributed by atoms with Crippen LogP contribution in [0.4, 0.5) is 20.6 Å². The summed E-state index contributed by atoms with van der Waals surface area (Å²) in [6, 6.07) is 5.25. The minimum absolute atomic E-state index is 0.130. The van der Waals surface area contributed by atoms with E-state index in [2.05, 4.69) is 10.3 Å². The zero-order valence-corrected chi connectivity index (χ0v) is 16.5. The summed E-state index contributed by atoms with van der Waals surface area (Å²) in [5, 5.41) is 3.16. The van der Waals surface area contributed by atoms with Crippen LogP contribution in [0, 0.1) is 5.82 Å². The molecule has 2 amide bonds. The van der Waals surface area contributed by atoms with Gasteiger partial charge in [-0.2, -0.15) is 0 Å². The van der Waals surface area contributed by atoms with E-state index in [-0.39, 0.29) is 23.8 Å². The summed E-state index contributed by atoms with van der Waals surface area (Å²) in [7, 11) is 0. The standard InChI is InChI=1S/C22H27FN4O2/c23-20-11-16(5-6-21(20)26-7-9-29-10-8-26)27(14-19-17-12-24-13-18(17)19)22(28)25-15-3-1-2-4-15/h5-6,11-13,15,19,24H,1-4,7-10,14H2,(H,25,28). The van der Waals surface area contributed by atoms with Gasteiger partial charge >= 0.3 is 6.03 Å². The lowest BCUT2D eigenvalue weighted by Gasteiger charge is -2.30. The third kappa shape index (κ3) is 3.71. The normalized spacial score (nSPS) is 19.3. The number of aromatic nitrogens is 1. The quantitative estimate of drug-likeness (QED) is 0.809. The van der Waals surface area contributed by atoms with E-state index in [1.54, 1.807) is 11.0 Å². The lowest BCUT2D eigenvalue weighted by Crippen LogP contribution is -2.45. The zero-order chi connectivity index (χ0) is 19.8. The molecular weight excluding hydrogens is 371 g/mol. The zero-order valence-electron chi connectivity index (χ0n) is 16.5. The molecule has 154 valence electrons. The van der Waals surface area contributed by atoms with Crippen LogP contribution >= 0.6 is 0 Å². The van der Waals surface area contributed by atoms with Crippen molar-refractivity contribution in [2.75, 3.05) is 42.6 Å². The Morgan fingerprint density at radius 3 is 2.62 bits per heavy atom. The predicted molar refractivity (Wildman–Crippen MR) is 110 cm³/mol. The number of aromatic amines is 1. The van der Waals surface area contributed by atoms with Gasteiger partial charge in [0.2, 0.25) is 0 Å². The summed E-state index contributed by atoms with van der Waals surface area (Å²) in [5.41, 5.74) is 3.67. The van der Waals surface area contributed by atoms with Crippen LogP contribution in [0.3, 0.4) is 0 Å². The monoisotopic (exact) mass is 398 g/mol. The van der Waals surface area contributed by atoms with Gasteiger partial charge in [-0.1, -0.05) is 12.8 Å². The summed E-state index contributed by atoms with van der Waals surface area (Å²) in [4.78, 5) is 19.9. The van der Waals surface area contributed by atoms with E-state index in [1.807, 2.05) is 23.4 Å². The molecule has 3 aliphatic rings. The third-order valence-electron chi connectivity index (χ3n) is 6.37. The maximum Gasteiger partial charge on any atom is 0.322 e. The highest BCUT2D eigenvalue weighted by atomic mass is 19.1. The molecule has 0 bridgehead atoms. The molecule has 0 unspecified atom stereocenters. The van der Waals surface area contributed by atoms with Crippen molar-refractivity contribution in [3.8, 4) is 0 Å². The Balaban J connectivity index is 1.36. The van der Waals surface area contributed by atoms with Crippen molar-refractivity contribution in [1.82, 2.24) is 10.3 Å². The van der Waals surface area contributed by atoms with E-state index in [0.717, 1.165) is 25.7 Å². The summed E-state index contributed by atoms with van der Waals surface area (Å²) >= 11 is 0. The number of hydrogen-bond acceptors (Lipinski definition) is 3. The number of halogens is 1. The van der Waals surface area contributed by atoms with Crippen molar-refractivity contribution in [2.45, 2.75) is 37.6 Å². The van der Waals surface area contributed by atoms with Gasteiger partial charge in [-0.25, -0.2) is 9.18 Å². The van der Waals surface area contributed by atoms with Crippen molar-refractivity contribution in [2.24, 2.45) is 0 Å². The lowest BCUT2D eigenvalue weighted by molar-refractivity contribution is 0.122. The molecule has 2 aliphatic carbocycles. The van der Waals surface area contributed by atoms with Crippen LogP contribution in [0.15, 0.2) is 30.6 Å². The predicted octanol–water partition coefficient (Wildman–Crippen LogP) is 3.59. The first-order valence-corrected chi connectivity index (χ1v) is 10.6. The molecule has 2 N–H and O–H groups in total. The number of nitrogens with one attached hydrogen (secondary N) is 2. The Hall–Kier alpha value is -2.54. The molecule has 2 heterocycles. The Morgan fingerprint density at radius 1 is 1.21 bits per heavy atom. The number of rotatable bonds is 5. The Labute approximate surface area is 170 Å². The maximum absolute atomic E-state index is 15.0. The topological polar surface area (TPSA) is 60.6 Å². The number of nitrogens with zero attached hydrogens (tertiary/aromatic N) is 2. The molecule has 0 radical (unpaired) electrons. The van der Waals surface area contributed by atoms with Crippen molar-refractivity contribution in [3.05, 3.63) is 47.5 Å². The van der Waals surface area contributed by atoms with Crippen LogP contribution in [0.25, 0.3) is 0 Å². The van der Waals surface area contributed by atoms with E-state index in [9.17, 15) is 9.18 Å². The molecule has 2 aromatic rings. The number of hydrogen-bond donors (Lipinski definition) is 2. The lowest BCUT2D eigenvalue weighted by atomic mass is 10.2. The maximum atomic E-state index is 15.0. The van der Waals surface area contributed by atoms with E-state index < -0.39 is 0 Å².